The number of rotatable bonds is 6. The van der Waals surface area contributed by atoms with Crippen LogP contribution in [0.3, 0.4) is 0 Å². The molecule has 19 heavy (non-hydrogen) atoms. The summed E-state index contributed by atoms with van der Waals surface area (Å²) in [5.74, 6) is -1.96. The Bertz CT molecular complexity index is 474. The molecule has 2 N–H and O–H groups in total. The molecule has 102 valence electrons. The van der Waals surface area contributed by atoms with Gasteiger partial charge in [-0.25, -0.2) is 4.39 Å². The highest BCUT2D eigenvalue weighted by Gasteiger charge is 2.48. The minimum atomic E-state index is -0.928. The highest BCUT2D eigenvalue weighted by Crippen LogP contribution is 2.38. The van der Waals surface area contributed by atoms with Crippen molar-refractivity contribution in [1.29, 1.82) is 0 Å². The predicted octanol–water partition coefficient (Wildman–Crippen LogP) is 1.04. The Balaban J connectivity index is 1.63. The van der Waals surface area contributed by atoms with Crippen molar-refractivity contribution in [3.8, 4) is 5.75 Å². The number of carboxylic acid groups (broad SMARTS) is 1. The van der Waals surface area contributed by atoms with Crippen LogP contribution in [0.5, 0.6) is 5.75 Å². The summed E-state index contributed by atoms with van der Waals surface area (Å²) in [5.41, 5.74) is 0. The Hall–Kier alpha value is -2.11. The number of nitrogens with one attached hydrogen (secondary N) is 1. The zero-order valence-electron chi connectivity index (χ0n) is 10.1. The van der Waals surface area contributed by atoms with E-state index in [-0.39, 0.29) is 18.3 Å². The summed E-state index contributed by atoms with van der Waals surface area (Å²) in [6, 6.07) is 5.57. The fraction of sp³-hybridized carbons (Fsp3) is 0.385. The standard InChI is InChI=1S/C13H14FNO4/c14-8-1-3-9(4-2-8)19-6-5-15-12(16)10-7-11(10)13(17)18/h1-4,10-11H,5-7H2,(H,15,16)(H,17,18). The van der Waals surface area contributed by atoms with Crippen molar-refractivity contribution in [3.63, 3.8) is 0 Å². The molecule has 1 amide bonds. The molecule has 2 atom stereocenters. The van der Waals surface area contributed by atoms with Gasteiger partial charge in [-0.2, -0.15) is 0 Å². The molecule has 5 nitrogen and oxygen atoms in total. The van der Waals surface area contributed by atoms with Gasteiger partial charge in [0.05, 0.1) is 18.4 Å². The Morgan fingerprint density at radius 2 is 2.00 bits per heavy atom. The highest BCUT2D eigenvalue weighted by molar-refractivity contribution is 5.89. The lowest BCUT2D eigenvalue weighted by molar-refractivity contribution is -0.140. The maximum atomic E-state index is 12.6. The number of carboxylic acids is 1. The van der Waals surface area contributed by atoms with Crippen molar-refractivity contribution >= 4 is 11.9 Å². The van der Waals surface area contributed by atoms with Crippen LogP contribution in [-0.4, -0.2) is 30.1 Å². The van der Waals surface area contributed by atoms with Crippen LogP contribution in [0, 0.1) is 17.7 Å². The molecule has 1 fully saturated rings. The summed E-state index contributed by atoms with van der Waals surface area (Å²) in [6.07, 6.45) is 0.403. The van der Waals surface area contributed by atoms with Gasteiger partial charge in [0.1, 0.15) is 18.2 Å². The molecule has 2 rings (SSSR count). The molecule has 0 saturated heterocycles. The van der Waals surface area contributed by atoms with Gasteiger partial charge in [-0.05, 0) is 30.7 Å². The normalized spacial score (nSPS) is 20.7. The van der Waals surface area contributed by atoms with E-state index in [9.17, 15) is 14.0 Å². The van der Waals surface area contributed by atoms with E-state index in [0.29, 0.717) is 18.7 Å². The topological polar surface area (TPSA) is 75.6 Å². The summed E-state index contributed by atoms with van der Waals surface area (Å²) in [4.78, 5) is 22.1. The minimum Gasteiger partial charge on any atom is -0.492 e. The summed E-state index contributed by atoms with van der Waals surface area (Å²) in [7, 11) is 0. The molecule has 2 unspecified atom stereocenters. The van der Waals surface area contributed by atoms with Gasteiger partial charge in [0.2, 0.25) is 5.91 Å². The van der Waals surface area contributed by atoms with Crippen molar-refractivity contribution in [2.75, 3.05) is 13.2 Å². The lowest BCUT2D eigenvalue weighted by Crippen LogP contribution is -2.30. The van der Waals surface area contributed by atoms with Gasteiger partial charge in [0.25, 0.3) is 0 Å². The van der Waals surface area contributed by atoms with Gasteiger partial charge >= 0.3 is 5.97 Å². The number of halogens is 1. The lowest BCUT2D eigenvalue weighted by Gasteiger charge is -2.07. The molecule has 6 heteroatoms. The molecule has 1 aliphatic carbocycles. The molecular weight excluding hydrogens is 253 g/mol. The Kier molecular flexibility index (Phi) is 3.99. The van der Waals surface area contributed by atoms with E-state index in [1.807, 2.05) is 0 Å². The smallest absolute Gasteiger partial charge is 0.307 e. The van der Waals surface area contributed by atoms with Crippen LogP contribution in [0.1, 0.15) is 6.42 Å². The van der Waals surface area contributed by atoms with E-state index in [2.05, 4.69) is 5.32 Å². The number of carbonyl (C=O) groups is 2. The number of hydrogen-bond acceptors (Lipinski definition) is 3. The third kappa shape index (κ3) is 3.67. The highest BCUT2D eigenvalue weighted by atomic mass is 19.1. The second kappa shape index (κ2) is 5.69. The van der Waals surface area contributed by atoms with Gasteiger partial charge in [-0.1, -0.05) is 0 Å². The minimum absolute atomic E-state index is 0.252. The van der Waals surface area contributed by atoms with Gasteiger partial charge in [-0.3, -0.25) is 9.59 Å². The largest absolute Gasteiger partial charge is 0.492 e. The third-order valence-corrected chi connectivity index (χ3v) is 2.93. The van der Waals surface area contributed by atoms with Crippen LogP contribution >= 0.6 is 0 Å². The zero-order chi connectivity index (χ0) is 13.8. The molecule has 0 aromatic heterocycles. The van der Waals surface area contributed by atoms with Crippen LogP contribution < -0.4 is 10.1 Å². The van der Waals surface area contributed by atoms with E-state index in [1.165, 1.54) is 24.3 Å². The average molecular weight is 267 g/mol. The molecule has 1 aromatic rings. The SMILES string of the molecule is O=C(O)C1CC1C(=O)NCCOc1ccc(F)cc1. The van der Waals surface area contributed by atoms with Crippen molar-refractivity contribution < 1.29 is 23.8 Å². The summed E-state index contributed by atoms with van der Waals surface area (Å²) < 4.78 is 17.9. The second-order valence-electron chi connectivity index (χ2n) is 4.38. The molecule has 0 spiro atoms. The Morgan fingerprint density at radius 3 is 2.58 bits per heavy atom. The average Bonchev–Trinajstić information content (AvgIpc) is 3.17. The fourth-order valence-electron chi connectivity index (χ4n) is 1.76. The Labute approximate surface area is 109 Å². The molecule has 0 aliphatic heterocycles. The van der Waals surface area contributed by atoms with E-state index in [1.54, 1.807) is 0 Å². The molecule has 0 radical (unpaired) electrons. The van der Waals surface area contributed by atoms with Crippen molar-refractivity contribution in [1.82, 2.24) is 5.32 Å². The van der Waals surface area contributed by atoms with Crippen molar-refractivity contribution in [2.45, 2.75) is 6.42 Å². The third-order valence-electron chi connectivity index (χ3n) is 2.93. The molecule has 1 saturated carbocycles. The van der Waals surface area contributed by atoms with E-state index < -0.39 is 17.8 Å². The Morgan fingerprint density at radius 1 is 1.32 bits per heavy atom. The number of benzene rings is 1. The molecule has 1 aromatic carbocycles. The van der Waals surface area contributed by atoms with Crippen molar-refractivity contribution in [3.05, 3.63) is 30.1 Å². The van der Waals surface area contributed by atoms with Gasteiger partial charge in [-0.15, -0.1) is 0 Å². The van der Waals surface area contributed by atoms with Crippen LogP contribution in [-0.2, 0) is 9.59 Å². The predicted molar refractivity (Wildman–Crippen MR) is 64.1 cm³/mol. The number of amides is 1. The molecular formula is C13H14FNO4. The first-order valence-electron chi connectivity index (χ1n) is 5.97. The monoisotopic (exact) mass is 267 g/mol. The number of ether oxygens (including phenoxy) is 1. The van der Waals surface area contributed by atoms with Crippen LogP contribution in [0.2, 0.25) is 0 Å². The summed E-state index contributed by atoms with van der Waals surface area (Å²) in [5, 5.41) is 11.3. The quantitative estimate of drug-likeness (QED) is 0.755. The zero-order valence-corrected chi connectivity index (χ0v) is 10.1. The van der Waals surface area contributed by atoms with Crippen LogP contribution in [0.4, 0.5) is 4.39 Å². The van der Waals surface area contributed by atoms with Gasteiger partial charge < -0.3 is 15.2 Å². The van der Waals surface area contributed by atoms with E-state index in [0.717, 1.165) is 0 Å². The maximum absolute atomic E-state index is 12.6. The van der Waals surface area contributed by atoms with E-state index >= 15 is 0 Å². The second-order valence-corrected chi connectivity index (χ2v) is 4.38. The summed E-state index contributed by atoms with van der Waals surface area (Å²) >= 11 is 0. The van der Waals surface area contributed by atoms with Gasteiger partial charge in [0, 0.05) is 0 Å². The lowest BCUT2D eigenvalue weighted by atomic mass is 10.3. The first-order valence-corrected chi connectivity index (χ1v) is 5.97. The molecule has 0 bridgehead atoms. The fourth-order valence-corrected chi connectivity index (χ4v) is 1.76. The first kappa shape index (κ1) is 13.3. The molecule has 0 heterocycles. The maximum Gasteiger partial charge on any atom is 0.307 e. The van der Waals surface area contributed by atoms with Crippen molar-refractivity contribution in [2.24, 2.45) is 11.8 Å². The molecule has 1 aliphatic rings. The van der Waals surface area contributed by atoms with Crippen LogP contribution in [0.15, 0.2) is 24.3 Å². The van der Waals surface area contributed by atoms with E-state index in [4.69, 9.17) is 9.84 Å². The van der Waals surface area contributed by atoms with Crippen LogP contribution in [0.25, 0.3) is 0 Å². The number of carbonyl (C=O) groups excluding carboxylic acids is 1. The number of aliphatic carboxylic acids is 1. The first-order chi connectivity index (χ1) is 9.08. The number of hydrogen-bond donors (Lipinski definition) is 2. The van der Waals surface area contributed by atoms with Gasteiger partial charge in [0.15, 0.2) is 0 Å². The summed E-state index contributed by atoms with van der Waals surface area (Å²) in [6.45, 7) is 0.543.